The first-order valence-corrected chi connectivity index (χ1v) is 8.47. The standard InChI is InChI=1S/C18H20ClN3O5/c1-26-16-6-3-12(9-17(16)27-2)7-8-20-18(23)11-21-13-4-5-14(19)15(10-13)22(24)25/h3-6,9-10,21H,7-8,11H2,1-2H3,(H,20,23). The number of hydrogen-bond donors (Lipinski definition) is 2. The van der Waals surface area contributed by atoms with Gasteiger partial charge in [0.15, 0.2) is 11.5 Å². The topological polar surface area (TPSA) is 103 Å². The van der Waals surface area contributed by atoms with E-state index in [1.165, 1.54) is 12.1 Å². The Hall–Kier alpha value is -3.00. The number of nitro groups is 1. The van der Waals surface area contributed by atoms with Crippen molar-refractivity contribution in [2.45, 2.75) is 6.42 Å². The van der Waals surface area contributed by atoms with Crippen molar-refractivity contribution in [3.05, 3.63) is 57.1 Å². The third-order valence-electron chi connectivity index (χ3n) is 3.78. The van der Waals surface area contributed by atoms with Crippen molar-refractivity contribution in [2.75, 3.05) is 32.6 Å². The summed E-state index contributed by atoms with van der Waals surface area (Å²) in [6.07, 6.45) is 0.624. The molecular weight excluding hydrogens is 374 g/mol. The van der Waals surface area contributed by atoms with Gasteiger partial charge in [-0.25, -0.2) is 0 Å². The molecular formula is C18H20ClN3O5. The van der Waals surface area contributed by atoms with Gasteiger partial charge in [0, 0.05) is 18.3 Å². The van der Waals surface area contributed by atoms with Crippen molar-refractivity contribution in [2.24, 2.45) is 0 Å². The Morgan fingerprint density at radius 1 is 1.15 bits per heavy atom. The second kappa shape index (κ2) is 9.63. The summed E-state index contributed by atoms with van der Waals surface area (Å²) >= 11 is 5.76. The molecule has 0 bridgehead atoms. The average Bonchev–Trinajstić information content (AvgIpc) is 2.66. The lowest BCUT2D eigenvalue weighted by molar-refractivity contribution is -0.384. The first kappa shape index (κ1) is 20.3. The van der Waals surface area contributed by atoms with E-state index in [9.17, 15) is 14.9 Å². The molecule has 0 atom stereocenters. The van der Waals surface area contributed by atoms with E-state index in [1.807, 2.05) is 18.2 Å². The van der Waals surface area contributed by atoms with Gasteiger partial charge in [0.05, 0.1) is 25.7 Å². The molecule has 1 amide bonds. The Balaban J connectivity index is 1.82. The predicted octanol–water partition coefficient (Wildman–Crippen LogP) is 3.04. The lowest BCUT2D eigenvalue weighted by Gasteiger charge is -2.10. The highest BCUT2D eigenvalue weighted by atomic mass is 35.5. The second-order valence-electron chi connectivity index (χ2n) is 5.57. The molecule has 0 saturated heterocycles. The SMILES string of the molecule is COc1ccc(CCNC(=O)CNc2ccc(Cl)c([N+](=O)[O-])c2)cc1OC. The van der Waals surface area contributed by atoms with Crippen LogP contribution in [-0.2, 0) is 11.2 Å². The van der Waals surface area contributed by atoms with Crippen molar-refractivity contribution in [1.29, 1.82) is 0 Å². The number of anilines is 1. The molecule has 0 unspecified atom stereocenters. The average molecular weight is 394 g/mol. The fourth-order valence-corrected chi connectivity index (χ4v) is 2.58. The summed E-state index contributed by atoms with van der Waals surface area (Å²) in [6.45, 7) is 0.432. The number of nitrogens with zero attached hydrogens (tertiary/aromatic N) is 1. The zero-order chi connectivity index (χ0) is 19.8. The van der Waals surface area contributed by atoms with E-state index in [1.54, 1.807) is 20.3 Å². The van der Waals surface area contributed by atoms with Crippen LogP contribution >= 0.6 is 11.6 Å². The Morgan fingerprint density at radius 3 is 2.56 bits per heavy atom. The number of benzene rings is 2. The highest BCUT2D eigenvalue weighted by Gasteiger charge is 2.13. The van der Waals surface area contributed by atoms with Crippen LogP contribution in [0, 0.1) is 10.1 Å². The number of nitrogens with one attached hydrogen (secondary N) is 2. The Bertz CT molecular complexity index is 829. The molecule has 8 nitrogen and oxygen atoms in total. The lowest BCUT2D eigenvalue weighted by atomic mass is 10.1. The van der Waals surface area contributed by atoms with Gasteiger partial charge in [0.2, 0.25) is 5.91 Å². The first-order valence-electron chi connectivity index (χ1n) is 8.10. The van der Waals surface area contributed by atoms with Crippen LogP contribution < -0.4 is 20.1 Å². The van der Waals surface area contributed by atoms with Gasteiger partial charge in [-0.1, -0.05) is 17.7 Å². The molecule has 0 aliphatic carbocycles. The number of amides is 1. The van der Waals surface area contributed by atoms with Crippen molar-refractivity contribution in [3.8, 4) is 11.5 Å². The van der Waals surface area contributed by atoms with Gasteiger partial charge in [0.25, 0.3) is 5.69 Å². The fraction of sp³-hybridized carbons (Fsp3) is 0.278. The molecule has 0 aliphatic rings. The molecule has 0 aliphatic heterocycles. The molecule has 0 fully saturated rings. The molecule has 2 N–H and O–H groups in total. The molecule has 0 saturated carbocycles. The predicted molar refractivity (Wildman–Crippen MR) is 103 cm³/mol. The third kappa shape index (κ3) is 5.75. The number of carbonyl (C=O) groups is 1. The summed E-state index contributed by atoms with van der Waals surface area (Å²) in [5.74, 6) is 1.05. The van der Waals surface area contributed by atoms with Gasteiger partial charge in [0.1, 0.15) is 5.02 Å². The second-order valence-corrected chi connectivity index (χ2v) is 5.97. The van der Waals surface area contributed by atoms with Crippen molar-refractivity contribution in [1.82, 2.24) is 5.32 Å². The summed E-state index contributed by atoms with van der Waals surface area (Å²) in [4.78, 5) is 22.2. The maximum atomic E-state index is 11.9. The Kier molecular flexibility index (Phi) is 7.25. The van der Waals surface area contributed by atoms with E-state index in [4.69, 9.17) is 21.1 Å². The Labute approximate surface area is 161 Å². The van der Waals surface area contributed by atoms with Crippen LogP contribution in [0.15, 0.2) is 36.4 Å². The van der Waals surface area contributed by atoms with Gasteiger partial charge < -0.3 is 20.1 Å². The zero-order valence-electron chi connectivity index (χ0n) is 15.0. The third-order valence-corrected chi connectivity index (χ3v) is 4.10. The molecule has 0 heterocycles. The van der Waals surface area contributed by atoms with Crippen molar-refractivity contribution >= 4 is 28.9 Å². The number of carbonyl (C=O) groups excluding carboxylic acids is 1. The van der Waals surface area contributed by atoms with Crippen molar-refractivity contribution < 1.29 is 19.2 Å². The number of hydrogen-bond acceptors (Lipinski definition) is 6. The maximum absolute atomic E-state index is 11.9. The van der Waals surface area contributed by atoms with Gasteiger partial charge in [-0.05, 0) is 36.2 Å². The summed E-state index contributed by atoms with van der Waals surface area (Å²) in [5, 5.41) is 16.5. The van der Waals surface area contributed by atoms with Gasteiger partial charge in [-0.3, -0.25) is 14.9 Å². The minimum atomic E-state index is -0.573. The smallest absolute Gasteiger partial charge is 0.289 e. The van der Waals surface area contributed by atoms with Crippen LogP contribution in [0.1, 0.15) is 5.56 Å². The number of rotatable bonds is 9. The van der Waals surface area contributed by atoms with E-state index in [-0.39, 0.29) is 23.2 Å². The number of nitro benzene ring substituents is 1. The van der Waals surface area contributed by atoms with Crippen molar-refractivity contribution in [3.63, 3.8) is 0 Å². The largest absolute Gasteiger partial charge is 0.493 e. The van der Waals surface area contributed by atoms with Crippen LogP contribution in [0.5, 0.6) is 11.5 Å². The normalized spacial score (nSPS) is 10.2. The van der Waals surface area contributed by atoms with Crippen LogP contribution in [0.3, 0.4) is 0 Å². The van der Waals surface area contributed by atoms with E-state index in [0.717, 1.165) is 5.56 Å². The van der Waals surface area contributed by atoms with Gasteiger partial charge in [-0.2, -0.15) is 0 Å². The zero-order valence-corrected chi connectivity index (χ0v) is 15.7. The number of methoxy groups -OCH3 is 2. The highest BCUT2D eigenvalue weighted by Crippen LogP contribution is 2.28. The summed E-state index contributed by atoms with van der Waals surface area (Å²) in [5.41, 5.74) is 1.23. The maximum Gasteiger partial charge on any atom is 0.289 e. The van der Waals surface area contributed by atoms with Gasteiger partial charge >= 0.3 is 0 Å². The molecule has 2 aromatic carbocycles. The minimum Gasteiger partial charge on any atom is -0.493 e. The van der Waals surface area contributed by atoms with E-state index in [0.29, 0.717) is 30.2 Å². The molecule has 2 aromatic rings. The van der Waals surface area contributed by atoms with Crippen LogP contribution in [0.4, 0.5) is 11.4 Å². The molecule has 0 spiro atoms. The molecule has 27 heavy (non-hydrogen) atoms. The van der Waals surface area contributed by atoms with Crippen LogP contribution in [0.25, 0.3) is 0 Å². The molecule has 0 radical (unpaired) electrons. The van der Waals surface area contributed by atoms with E-state index < -0.39 is 4.92 Å². The quantitative estimate of drug-likeness (QED) is 0.501. The number of ether oxygens (including phenoxy) is 2. The summed E-state index contributed by atoms with van der Waals surface area (Å²) < 4.78 is 10.4. The minimum absolute atomic E-state index is 0.00921. The van der Waals surface area contributed by atoms with E-state index >= 15 is 0 Å². The summed E-state index contributed by atoms with van der Waals surface area (Å²) in [6, 6.07) is 9.85. The van der Waals surface area contributed by atoms with Crippen LogP contribution in [-0.4, -0.2) is 38.1 Å². The number of halogens is 1. The molecule has 2 rings (SSSR count). The van der Waals surface area contributed by atoms with E-state index in [2.05, 4.69) is 10.6 Å². The van der Waals surface area contributed by atoms with Crippen LogP contribution in [0.2, 0.25) is 5.02 Å². The van der Waals surface area contributed by atoms with Gasteiger partial charge in [-0.15, -0.1) is 0 Å². The molecule has 144 valence electrons. The lowest BCUT2D eigenvalue weighted by Crippen LogP contribution is -2.31. The first-order chi connectivity index (χ1) is 12.9. The highest BCUT2D eigenvalue weighted by molar-refractivity contribution is 6.32. The molecule has 9 heteroatoms. The monoisotopic (exact) mass is 393 g/mol. The summed E-state index contributed by atoms with van der Waals surface area (Å²) in [7, 11) is 3.14. The fourth-order valence-electron chi connectivity index (χ4n) is 2.39. The Morgan fingerprint density at radius 2 is 1.89 bits per heavy atom. The molecule has 0 aromatic heterocycles.